The lowest BCUT2D eigenvalue weighted by Crippen LogP contribution is -2.38. The molecule has 2 aromatic rings. The Kier molecular flexibility index (Phi) is 5.11. The molecule has 2 rings (SSSR count). The van der Waals surface area contributed by atoms with Crippen molar-refractivity contribution in [3.8, 4) is 0 Å². The minimum atomic E-state index is 0.437. The number of nitrogens with zero attached hydrogens (tertiary/aromatic N) is 3. The van der Waals surface area contributed by atoms with Gasteiger partial charge in [0, 0.05) is 20.5 Å². The van der Waals surface area contributed by atoms with Crippen LogP contribution in [0.15, 0.2) is 26.3 Å². The van der Waals surface area contributed by atoms with Crippen LogP contribution in [-0.2, 0) is 6.54 Å². The van der Waals surface area contributed by atoms with Crippen LogP contribution in [0.2, 0.25) is 0 Å². The SMILES string of the molecule is CN=C(NCc1noc(C)n1)NCC(C)c1ccsc1. The van der Waals surface area contributed by atoms with E-state index < -0.39 is 0 Å². The minimum Gasteiger partial charge on any atom is -0.356 e. The zero-order chi connectivity index (χ0) is 14.4. The average molecular weight is 293 g/mol. The van der Waals surface area contributed by atoms with E-state index in [-0.39, 0.29) is 0 Å². The van der Waals surface area contributed by atoms with Crippen molar-refractivity contribution in [3.05, 3.63) is 34.1 Å². The van der Waals surface area contributed by atoms with Gasteiger partial charge in [-0.3, -0.25) is 4.99 Å². The molecule has 2 N–H and O–H groups in total. The van der Waals surface area contributed by atoms with Gasteiger partial charge in [-0.05, 0) is 28.3 Å². The van der Waals surface area contributed by atoms with Gasteiger partial charge < -0.3 is 15.2 Å². The van der Waals surface area contributed by atoms with Crippen molar-refractivity contribution in [1.29, 1.82) is 0 Å². The Morgan fingerprint density at radius 2 is 2.35 bits per heavy atom. The lowest BCUT2D eigenvalue weighted by molar-refractivity contribution is 0.386. The number of aromatic nitrogens is 2. The fourth-order valence-corrected chi connectivity index (χ4v) is 2.50. The predicted molar refractivity (Wildman–Crippen MR) is 80.0 cm³/mol. The Balaban J connectivity index is 1.78. The van der Waals surface area contributed by atoms with Crippen molar-refractivity contribution in [2.45, 2.75) is 26.3 Å². The van der Waals surface area contributed by atoms with E-state index in [4.69, 9.17) is 4.52 Å². The van der Waals surface area contributed by atoms with Crippen LogP contribution in [0.3, 0.4) is 0 Å². The highest BCUT2D eigenvalue weighted by Gasteiger charge is 2.08. The maximum atomic E-state index is 4.92. The first-order valence-electron chi connectivity index (χ1n) is 6.45. The van der Waals surface area contributed by atoms with Crippen LogP contribution in [-0.4, -0.2) is 29.7 Å². The van der Waals surface area contributed by atoms with Gasteiger partial charge in [0.2, 0.25) is 5.89 Å². The summed E-state index contributed by atoms with van der Waals surface area (Å²) in [6.45, 7) is 5.27. The highest BCUT2D eigenvalue weighted by atomic mass is 32.1. The fourth-order valence-electron chi connectivity index (χ4n) is 1.72. The third kappa shape index (κ3) is 4.06. The second kappa shape index (κ2) is 7.04. The summed E-state index contributed by atoms with van der Waals surface area (Å²) in [7, 11) is 1.74. The van der Waals surface area contributed by atoms with Gasteiger partial charge in [0.05, 0.1) is 6.54 Å². The van der Waals surface area contributed by atoms with Crippen LogP contribution in [0.25, 0.3) is 0 Å². The summed E-state index contributed by atoms with van der Waals surface area (Å²) in [5, 5.41) is 14.5. The van der Waals surface area contributed by atoms with Crippen molar-refractivity contribution in [2.75, 3.05) is 13.6 Å². The first-order chi connectivity index (χ1) is 9.69. The number of nitrogens with one attached hydrogen (secondary N) is 2. The molecule has 1 unspecified atom stereocenters. The highest BCUT2D eigenvalue weighted by Crippen LogP contribution is 2.16. The Morgan fingerprint density at radius 3 is 2.95 bits per heavy atom. The van der Waals surface area contributed by atoms with E-state index in [0.29, 0.717) is 24.2 Å². The van der Waals surface area contributed by atoms with Crippen LogP contribution < -0.4 is 10.6 Å². The van der Waals surface area contributed by atoms with Crippen LogP contribution in [0, 0.1) is 6.92 Å². The van der Waals surface area contributed by atoms with E-state index in [0.717, 1.165) is 12.5 Å². The summed E-state index contributed by atoms with van der Waals surface area (Å²) in [6, 6.07) is 2.15. The minimum absolute atomic E-state index is 0.437. The largest absolute Gasteiger partial charge is 0.356 e. The quantitative estimate of drug-likeness (QED) is 0.650. The van der Waals surface area contributed by atoms with E-state index in [1.165, 1.54) is 5.56 Å². The summed E-state index contributed by atoms with van der Waals surface area (Å²) >= 11 is 1.72. The van der Waals surface area contributed by atoms with Crippen molar-refractivity contribution < 1.29 is 4.52 Å². The molecular weight excluding hydrogens is 274 g/mol. The normalized spacial score (nSPS) is 13.2. The first kappa shape index (κ1) is 14.5. The van der Waals surface area contributed by atoms with Crippen LogP contribution >= 0.6 is 11.3 Å². The second-order valence-corrected chi connectivity index (χ2v) is 5.27. The molecule has 0 radical (unpaired) electrons. The van der Waals surface area contributed by atoms with Crippen LogP contribution in [0.5, 0.6) is 0 Å². The number of aliphatic imine (C=N–C) groups is 1. The van der Waals surface area contributed by atoms with Gasteiger partial charge in [0.1, 0.15) is 0 Å². The number of hydrogen-bond acceptors (Lipinski definition) is 5. The third-order valence-electron chi connectivity index (χ3n) is 2.90. The summed E-state index contributed by atoms with van der Waals surface area (Å²) in [4.78, 5) is 8.31. The summed E-state index contributed by atoms with van der Waals surface area (Å²) in [5.74, 6) is 2.36. The van der Waals surface area contributed by atoms with Gasteiger partial charge in [-0.15, -0.1) is 0 Å². The van der Waals surface area contributed by atoms with Crippen molar-refractivity contribution in [2.24, 2.45) is 4.99 Å². The number of hydrogen-bond donors (Lipinski definition) is 2. The smallest absolute Gasteiger partial charge is 0.223 e. The molecular formula is C13H19N5OS. The number of rotatable bonds is 5. The van der Waals surface area contributed by atoms with Crippen LogP contribution in [0.4, 0.5) is 0 Å². The molecule has 0 bridgehead atoms. The average Bonchev–Trinajstić information content (AvgIpc) is 3.10. The molecule has 0 aromatic carbocycles. The van der Waals surface area contributed by atoms with E-state index in [1.807, 2.05) is 0 Å². The van der Waals surface area contributed by atoms with Gasteiger partial charge in [-0.25, -0.2) is 0 Å². The van der Waals surface area contributed by atoms with E-state index in [2.05, 4.69) is 49.5 Å². The zero-order valence-electron chi connectivity index (χ0n) is 11.9. The highest BCUT2D eigenvalue weighted by molar-refractivity contribution is 7.07. The number of thiophene rings is 1. The van der Waals surface area contributed by atoms with Gasteiger partial charge in [-0.1, -0.05) is 12.1 Å². The maximum absolute atomic E-state index is 4.92. The first-order valence-corrected chi connectivity index (χ1v) is 7.39. The van der Waals surface area contributed by atoms with Gasteiger partial charge in [-0.2, -0.15) is 16.3 Å². The molecule has 2 aromatic heterocycles. The lowest BCUT2D eigenvalue weighted by Gasteiger charge is -2.14. The molecule has 2 heterocycles. The molecule has 0 saturated carbocycles. The Labute approximate surface area is 122 Å². The van der Waals surface area contributed by atoms with Crippen molar-refractivity contribution in [3.63, 3.8) is 0 Å². The predicted octanol–water partition coefficient (Wildman–Crippen LogP) is 1.91. The summed E-state index contributed by atoms with van der Waals surface area (Å²) in [6.07, 6.45) is 0. The molecule has 0 aliphatic rings. The second-order valence-electron chi connectivity index (χ2n) is 4.49. The molecule has 20 heavy (non-hydrogen) atoms. The Morgan fingerprint density at radius 1 is 1.50 bits per heavy atom. The number of guanidine groups is 1. The molecule has 0 fully saturated rings. The topological polar surface area (TPSA) is 75.3 Å². The van der Waals surface area contributed by atoms with Gasteiger partial charge >= 0.3 is 0 Å². The zero-order valence-corrected chi connectivity index (χ0v) is 12.7. The molecule has 0 aliphatic heterocycles. The molecule has 0 aliphatic carbocycles. The summed E-state index contributed by atoms with van der Waals surface area (Å²) in [5.41, 5.74) is 1.34. The van der Waals surface area contributed by atoms with E-state index in [1.54, 1.807) is 25.3 Å². The molecule has 7 heteroatoms. The molecule has 0 saturated heterocycles. The van der Waals surface area contributed by atoms with Gasteiger partial charge in [0.15, 0.2) is 11.8 Å². The third-order valence-corrected chi connectivity index (χ3v) is 3.60. The lowest BCUT2D eigenvalue weighted by atomic mass is 10.1. The van der Waals surface area contributed by atoms with Crippen molar-refractivity contribution >= 4 is 17.3 Å². The number of aryl methyl sites for hydroxylation is 1. The molecule has 108 valence electrons. The Hall–Kier alpha value is -1.89. The summed E-state index contributed by atoms with van der Waals surface area (Å²) < 4.78 is 4.92. The monoisotopic (exact) mass is 293 g/mol. The van der Waals surface area contributed by atoms with E-state index >= 15 is 0 Å². The standard InChI is InChI=1S/C13H19N5OS/c1-9(11-4-5-20-8-11)6-15-13(14-3)16-7-12-17-10(2)19-18-12/h4-5,8-9H,6-7H2,1-3H3,(H2,14,15,16). The van der Waals surface area contributed by atoms with Crippen LogP contribution in [0.1, 0.15) is 30.1 Å². The molecule has 1 atom stereocenters. The molecule has 0 amide bonds. The van der Waals surface area contributed by atoms with E-state index in [9.17, 15) is 0 Å². The van der Waals surface area contributed by atoms with Gasteiger partial charge in [0.25, 0.3) is 0 Å². The maximum Gasteiger partial charge on any atom is 0.223 e. The Bertz CT molecular complexity index is 549. The molecule has 0 spiro atoms. The fraction of sp³-hybridized carbons (Fsp3) is 0.462. The van der Waals surface area contributed by atoms with Crippen molar-refractivity contribution in [1.82, 2.24) is 20.8 Å². The molecule has 6 nitrogen and oxygen atoms in total.